The second kappa shape index (κ2) is 4.32. The van der Waals surface area contributed by atoms with Crippen LogP contribution in [-0.4, -0.2) is 9.55 Å². The highest BCUT2D eigenvalue weighted by atomic mass is 16.3. The summed E-state index contributed by atoms with van der Waals surface area (Å²) in [6.45, 7) is 1.90. The van der Waals surface area contributed by atoms with Crippen molar-refractivity contribution in [1.29, 1.82) is 0 Å². The van der Waals surface area contributed by atoms with E-state index in [-0.39, 0.29) is 11.6 Å². The average Bonchev–Trinajstić information content (AvgIpc) is 2.79. The first kappa shape index (κ1) is 11.3. The summed E-state index contributed by atoms with van der Waals surface area (Å²) >= 11 is 0. The average molecular weight is 235 g/mol. The van der Waals surface area contributed by atoms with Crippen molar-refractivity contribution in [3.63, 3.8) is 0 Å². The lowest BCUT2D eigenvalue weighted by atomic mass is 10.2. The predicted molar refractivity (Wildman–Crippen MR) is 63.0 cm³/mol. The zero-order valence-electron chi connectivity index (χ0n) is 9.56. The first-order chi connectivity index (χ1) is 8.08. The Morgan fingerprint density at radius 3 is 2.82 bits per heavy atom. The smallest absolute Gasteiger partial charge is 0.329 e. The molecule has 0 unspecified atom stereocenters. The van der Waals surface area contributed by atoms with Crippen LogP contribution in [0.3, 0.4) is 0 Å². The summed E-state index contributed by atoms with van der Waals surface area (Å²) in [4.78, 5) is 25.4. The molecular formula is C11H13N3O3. The van der Waals surface area contributed by atoms with Gasteiger partial charge in [0.15, 0.2) is 0 Å². The highest BCUT2D eigenvalue weighted by molar-refractivity contribution is 5.35. The third-order valence-electron chi connectivity index (χ3n) is 2.56. The van der Waals surface area contributed by atoms with Gasteiger partial charge in [0.1, 0.15) is 5.82 Å². The Kier molecular flexibility index (Phi) is 2.86. The number of furan rings is 1. The predicted octanol–water partition coefficient (Wildman–Crippen LogP) is 0.840. The van der Waals surface area contributed by atoms with Crippen LogP contribution in [0.5, 0.6) is 0 Å². The molecule has 0 aromatic carbocycles. The number of nitrogens with one attached hydrogen (secondary N) is 2. The minimum absolute atomic E-state index is 0.0588. The van der Waals surface area contributed by atoms with Gasteiger partial charge in [0, 0.05) is 18.7 Å². The van der Waals surface area contributed by atoms with Crippen molar-refractivity contribution in [2.24, 2.45) is 7.05 Å². The lowest BCUT2D eigenvalue weighted by molar-refractivity contribution is 0.562. The van der Waals surface area contributed by atoms with E-state index in [9.17, 15) is 9.59 Å². The van der Waals surface area contributed by atoms with Crippen LogP contribution in [0.25, 0.3) is 0 Å². The molecule has 0 fully saturated rings. The molecule has 0 radical (unpaired) electrons. The summed E-state index contributed by atoms with van der Waals surface area (Å²) in [6, 6.07) is 3.10. The first-order valence-corrected chi connectivity index (χ1v) is 5.17. The molecule has 2 N–H and O–H groups in total. The molecule has 0 aliphatic heterocycles. The highest BCUT2D eigenvalue weighted by Gasteiger charge is 2.08. The summed E-state index contributed by atoms with van der Waals surface area (Å²) < 4.78 is 5.97. The van der Waals surface area contributed by atoms with Gasteiger partial charge in [0.05, 0.1) is 18.6 Å². The number of aromatic nitrogens is 2. The van der Waals surface area contributed by atoms with E-state index >= 15 is 0 Å². The molecule has 0 spiro atoms. The molecule has 6 heteroatoms. The Labute approximate surface area is 96.9 Å². The second-order valence-electron chi connectivity index (χ2n) is 3.81. The van der Waals surface area contributed by atoms with E-state index in [1.165, 1.54) is 13.1 Å². The van der Waals surface area contributed by atoms with Crippen LogP contribution < -0.4 is 16.6 Å². The molecule has 1 atom stereocenters. The maximum Gasteiger partial charge on any atom is 0.329 e. The molecule has 0 saturated heterocycles. The fourth-order valence-electron chi connectivity index (χ4n) is 1.47. The van der Waals surface area contributed by atoms with Crippen molar-refractivity contribution in [2.45, 2.75) is 13.0 Å². The Morgan fingerprint density at radius 1 is 1.47 bits per heavy atom. The van der Waals surface area contributed by atoms with Gasteiger partial charge in [-0.15, -0.1) is 0 Å². The number of aromatic amines is 1. The van der Waals surface area contributed by atoms with Gasteiger partial charge in [-0.2, -0.15) is 0 Å². The van der Waals surface area contributed by atoms with Crippen LogP contribution in [0.15, 0.2) is 38.7 Å². The summed E-state index contributed by atoms with van der Waals surface area (Å²) in [5.74, 6) is 0.395. The number of H-pyrrole nitrogens is 1. The fraction of sp³-hybridized carbons (Fsp3) is 0.273. The molecule has 0 saturated carbocycles. The Morgan fingerprint density at radius 2 is 2.24 bits per heavy atom. The maximum atomic E-state index is 11.4. The van der Waals surface area contributed by atoms with Gasteiger partial charge in [-0.1, -0.05) is 0 Å². The summed E-state index contributed by atoms with van der Waals surface area (Å²) in [5.41, 5.74) is 0.140. The normalized spacial score (nSPS) is 12.4. The third-order valence-corrected chi connectivity index (χ3v) is 2.56. The fourth-order valence-corrected chi connectivity index (χ4v) is 1.47. The molecule has 0 amide bonds. The molecule has 6 nitrogen and oxygen atoms in total. The first-order valence-electron chi connectivity index (χ1n) is 5.17. The molecule has 90 valence electrons. The van der Waals surface area contributed by atoms with Crippen molar-refractivity contribution < 1.29 is 4.42 Å². The van der Waals surface area contributed by atoms with Gasteiger partial charge in [0.2, 0.25) is 0 Å². The van der Waals surface area contributed by atoms with Gasteiger partial charge in [-0.05, 0) is 13.0 Å². The lowest BCUT2D eigenvalue weighted by Crippen LogP contribution is -2.32. The van der Waals surface area contributed by atoms with Crippen molar-refractivity contribution in [3.05, 3.63) is 51.1 Å². The van der Waals surface area contributed by atoms with Crippen LogP contribution >= 0.6 is 0 Å². The number of hydrogen-bond donors (Lipinski definition) is 2. The van der Waals surface area contributed by atoms with Gasteiger partial charge in [-0.25, -0.2) is 4.79 Å². The minimum Gasteiger partial charge on any atom is -0.472 e. The zero-order valence-corrected chi connectivity index (χ0v) is 9.56. The topological polar surface area (TPSA) is 80.0 Å². The molecule has 2 aromatic heterocycles. The number of anilines is 1. The molecule has 2 rings (SSSR count). The number of hydrogen-bond acceptors (Lipinski definition) is 4. The standard InChI is InChI=1S/C11H13N3O3/c1-7(8-3-4-17-6-8)12-9-5-10(15)14(2)11(16)13-9/h3-7,12H,1-2H3,(H,13,16)/t7-/m0/s1. The molecule has 2 heterocycles. The molecular weight excluding hydrogens is 222 g/mol. The van der Waals surface area contributed by atoms with Crippen LogP contribution in [0.2, 0.25) is 0 Å². The summed E-state index contributed by atoms with van der Waals surface area (Å²) in [5, 5.41) is 3.02. The minimum atomic E-state index is -0.445. The van der Waals surface area contributed by atoms with E-state index < -0.39 is 5.69 Å². The van der Waals surface area contributed by atoms with Crippen LogP contribution in [0, 0.1) is 0 Å². The molecule has 17 heavy (non-hydrogen) atoms. The van der Waals surface area contributed by atoms with Crippen molar-refractivity contribution in [1.82, 2.24) is 9.55 Å². The monoisotopic (exact) mass is 235 g/mol. The van der Waals surface area contributed by atoms with Crippen LogP contribution in [0.1, 0.15) is 18.5 Å². The number of rotatable bonds is 3. The molecule has 2 aromatic rings. The quantitative estimate of drug-likeness (QED) is 0.826. The Hall–Kier alpha value is -2.24. The summed E-state index contributed by atoms with van der Waals surface area (Å²) in [7, 11) is 1.42. The largest absolute Gasteiger partial charge is 0.472 e. The van der Waals surface area contributed by atoms with Gasteiger partial charge in [-0.3, -0.25) is 14.3 Å². The van der Waals surface area contributed by atoms with Crippen molar-refractivity contribution in [2.75, 3.05) is 5.32 Å². The Balaban J connectivity index is 2.25. The molecule has 0 aliphatic rings. The lowest BCUT2D eigenvalue weighted by Gasteiger charge is -2.12. The second-order valence-corrected chi connectivity index (χ2v) is 3.81. The maximum absolute atomic E-state index is 11.4. The summed E-state index contributed by atoms with van der Waals surface area (Å²) in [6.07, 6.45) is 3.18. The van der Waals surface area contributed by atoms with E-state index in [1.807, 2.05) is 13.0 Å². The van der Waals surface area contributed by atoms with E-state index in [1.54, 1.807) is 12.5 Å². The highest BCUT2D eigenvalue weighted by Crippen LogP contribution is 2.16. The Bertz CT molecular complexity index is 578. The zero-order chi connectivity index (χ0) is 12.4. The van der Waals surface area contributed by atoms with E-state index in [2.05, 4.69) is 10.3 Å². The SMILES string of the molecule is C[C@H](Nc1cc(=O)n(C)c(=O)[nH]1)c1ccoc1. The van der Waals surface area contributed by atoms with Gasteiger partial charge >= 0.3 is 5.69 Å². The number of nitrogens with zero attached hydrogens (tertiary/aromatic N) is 1. The molecule has 0 aliphatic carbocycles. The van der Waals surface area contributed by atoms with E-state index in [4.69, 9.17) is 4.42 Å². The third kappa shape index (κ3) is 2.30. The van der Waals surface area contributed by atoms with E-state index in [0.29, 0.717) is 5.82 Å². The van der Waals surface area contributed by atoms with Crippen LogP contribution in [-0.2, 0) is 7.05 Å². The molecule has 0 bridgehead atoms. The van der Waals surface area contributed by atoms with Crippen LogP contribution in [0.4, 0.5) is 5.82 Å². The van der Waals surface area contributed by atoms with Gasteiger partial charge in [0.25, 0.3) is 5.56 Å². The van der Waals surface area contributed by atoms with Crippen molar-refractivity contribution >= 4 is 5.82 Å². The van der Waals surface area contributed by atoms with Gasteiger partial charge < -0.3 is 9.73 Å². The van der Waals surface area contributed by atoms with Crippen molar-refractivity contribution in [3.8, 4) is 0 Å². The van der Waals surface area contributed by atoms with E-state index in [0.717, 1.165) is 10.1 Å².